The Morgan fingerprint density at radius 2 is 1.96 bits per heavy atom. The van der Waals surface area contributed by atoms with Gasteiger partial charge in [0, 0.05) is 17.7 Å². The van der Waals surface area contributed by atoms with Gasteiger partial charge in [-0.3, -0.25) is 14.9 Å². The predicted octanol–water partition coefficient (Wildman–Crippen LogP) is 2.77. The molecule has 0 aliphatic heterocycles. The van der Waals surface area contributed by atoms with Gasteiger partial charge in [-0.15, -0.1) is 0 Å². The topological polar surface area (TPSA) is 103 Å². The van der Waals surface area contributed by atoms with Crippen LogP contribution in [0.5, 0.6) is 11.5 Å². The van der Waals surface area contributed by atoms with Crippen LogP contribution in [0.3, 0.4) is 0 Å². The zero-order valence-electron chi connectivity index (χ0n) is 13.8. The number of nitro groups is 1. The quantitative estimate of drug-likeness (QED) is 0.473. The number of nitro benzene ring substituents is 1. The molecule has 0 aromatic heterocycles. The first kappa shape index (κ1) is 17.9. The number of carbonyl (C=O) groups is 1. The summed E-state index contributed by atoms with van der Waals surface area (Å²) in [6.07, 6.45) is 1.46. The second-order valence-electron chi connectivity index (χ2n) is 4.85. The molecule has 0 heterocycles. The molecule has 130 valence electrons. The van der Waals surface area contributed by atoms with E-state index < -0.39 is 10.8 Å². The summed E-state index contributed by atoms with van der Waals surface area (Å²) in [4.78, 5) is 22.0. The number of amides is 1. The summed E-state index contributed by atoms with van der Waals surface area (Å²) < 4.78 is 10.7. The summed E-state index contributed by atoms with van der Waals surface area (Å²) in [6.45, 7) is 2.40. The third kappa shape index (κ3) is 4.77. The van der Waals surface area contributed by atoms with Gasteiger partial charge < -0.3 is 9.47 Å². The van der Waals surface area contributed by atoms with E-state index in [9.17, 15) is 14.9 Å². The smallest absolute Gasteiger partial charge is 0.271 e. The molecule has 0 saturated carbocycles. The van der Waals surface area contributed by atoms with E-state index in [-0.39, 0.29) is 11.3 Å². The van der Waals surface area contributed by atoms with Crippen molar-refractivity contribution in [1.82, 2.24) is 5.43 Å². The molecular weight excluding hydrogens is 326 g/mol. The van der Waals surface area contributed by atoms with E-state index >= 15 is 0 Å². The monoisotopic (exact) mass is 343 g/mol. The molecule has 0 saturated heterocycles. The van der Waals surface area contributed by atoms with Gasteiger partial charge in [0.2, 0.25) is 0 Å². The van der Waals surface area contributed by atoms with Crippen LogP contribution in [0.4, 0.5) is 5.69 Å². The van der Waals surface area contributed by atoms with Crippen molar-refractivity contribution in [2.45, 2.75) is 6.92 Å². The van der Waals surface area contributed by atoms with Crippen LogP contribution in [-0.2, 0) is 0 Å². The number of hydrogen-bond acceptors (Lipinski definition) is 6. The number of rotatable bonds is 7. The molecule has 0 bridgehead atoms. The number of non-ortho nitro benzene ring substituents is 1. The first-order valence-corrected chi connectivity index (χ1v) is 7.44. The molecule has 0 aliphatic carbocycles. The van der Waals surface area contributed by atoms with Crippen LogP contribution >= 0.6 is 0 Å². The molecule has 0 atom stereocenters. The number of ether oxygens (including phenoxy) is 2. The van der Waals surface area contributed by atoms with Crippen molar-refractivity contribution in [3.8, 4) is 11.5 Å². The molecule has 0 radical (unpaired) electrons. The lowest BCUT2D eigenvalue weighted by Gasteiger charge is -2.09. The Kier molecular flexibility index (Phi) is 6.05. The second-order valence-corrected chi connectivity index (χ2v) is 4.85. The molecule has 1 N–H and O–H groups in total. The molecule has 8 heteroatoms. The summed E-state index contributed by atoms with van der Waals surface area (Å²) in [5.74, 6) is 0.716. The average molecular weight is 343 g/mol. The zero-order chi connectivity index (χ0) is 18.2. The highest BCUT2D eigenvalue weighted by Crippen LogP contribution is 2.27. The van der Waals surface area contributed by atoms with Gasteiger partial charge in [-0.05, 0) is 42.8 Å². The minimum absolute atomic E-state index is 0.0819. The van der Waals surface area contributed by atoms with Crippen molar-refractivity contribution in [2.75, 3.05) is 13.7 Å². The molecular formula is C17H17N3O5. The van der Waals surface area contributed by atoms with Crippen molar-refractivity contribution in [1.29, 1.82) is 0 Å². The molecule has 0 spiro atoms. The van der Waals surface area contributed by atoms with E-state index in [1.54, 1.807) is 18.2 Å². The van der Waals surface area contributed by atoms with Crippen LogP contribution in [0.15, 0.2) is 47.6 Å². The van der Waals surface area contributed by atoms with Crippen LogP contribution in [0, 0.1) is 10.1 Å². The molecule has 1 amide bonds. The molecule has 2 rings (SSSR count). The number of nitrogens with one attached hydrogen (secondary N) is 1. The van der Waals surface area contributed by atoms with Gasteiger partial charge in [0.15, 0.2) is 11.5 Å². The summed E-state index contributed by atoms with van der Waals surface area (Å²) in [5, 5.41) is 14.5. The van der Waals surface area contributed by atoms with Crippen LogP contribution < -0.4 is 14.9 Å². The van der Waals surface area contributed by atoms with Gasteiger partial charge >= 0.3 is 0 Å². The Morgan fingerprint density at radius 1 is 1.24 bits per heavy atom. The number of methoxy groups -OCH3 is 1. The molecule has 2 aromatic carbocycles. The number of carbonyl (C=O) groups excluding carboxylic acids is 1. The fraction of sp³-hybridized carbons (Fsp3) is 0.176. The standard InChI is InChI=1S/C17H17N3O5/c1-3-25-15-9-4-12(10-16(15)24-2)11-18-19-17(21)13-5-7-14(8-6-13)20(22)23/h4-11H,3H2,1-2H3,(H,19,21). The summed E-state index contributed by atoms with van der Waals surface area (Å²) in [7, 11) is 1.54. The third-order valence-corrected chi connectivity index (χ3v) is 3.21. The van der Waals surface area contributed by atoms with Gasteiger partial charge in [0.05, 0.1) is 24.9 Å². The molecule has 0 aliphatic rings. The van der Waals surface area contributed by atoms with Gasteiger partial charge in [-0.2, -0.15) is 5.10 Å². The van der Waals surface area contributed by atoms with Crippen LogP contribution in [0.25, 0.3) is 0 Å². The maximum Gasteiger partial charge on any atom is 0.271 e. The normalized spacial score (nSPS) is 10.5. The van der Waals surface area contributed by atoms with Crippen molar-refractivity contribution >= 4 is 17.8 Å². The van der Waals surface area contributed by atoms with E-state index in [0.717, 1.165) is 0 Å². The largest absolute Gasteiger partial charge is 0.493 e. The van der Waals surface area contributed by atoms with E-state index in [1.165, 1.54) is 37.6 Å². The maximum atomic E-state index is 11.9. The Labute approximate surface area is 144 Å². The second kappa shape index (κ2) is 8.44. The third-order valence-electron chi connectivity index (χ3n) is 3.21. The summed E-state index contributed by atoms with van der Waals surface area (Å²) >= 11 is 0. The Hall–Kier alpha value is -3.42. The highest BCUT2D eigenvalue weighted by Gasteiger charge is 2.08. The lowest BCUT2D eigenvalue weighted by Crippen LogP contribution is -2.17. The van der Waals surface area contributed by atoms with Crippen LogP contribution in [0.2, 0.25) is 0 Å². The van der Waals surface area contributed by atoms with E-state index in [0.29, 0.717) is 23.7 Å². The van der Waals surface area contributed by atoms with Gasteiger partial charge in [-0.25, -0.2) is 5.43 Å². The number of nitrogens with zero attached hydrogens (tertiary/aromatic N) is 2. The maximum absolute atomic E-state index is 11.9. The minimum atomic E-state index is -0.529. The van der Waals surface area contributed by atoms with Crippen LogP contribution in [-0.4, -0.2) is 30.8 Å². The van der Waals surface area contributed by atoms with E-state index in [1.807, 2.05) is 6.92 Å². The molecule has 0 fully saturated rings. The molecule has 25 heavy (non-hydrogen) atoms. The predicted molar refractivity (Wildman–Crippen MR) is 92.3 cm³/mol. The fourth-order valence-electron chi connectivity index (χ4n) is 2.00. The minimum Gasteiger partial charge on any atom is -0.493 e. The zero-order valence-corrected chi connectivity index (χ0v) is 13.8. The lowest BCUT2D eigenvalue weighted by molar-refractivity contribution is -0.384. The van der Waals surface area contributed by atoms with Crippen LogP contribution in [0.1, 0.15) is 22.8 Å². The van der Waals surface area contributed by atoms with Crippen molar-refractivity contribution < 1.29 is 19.2 Å². The van der Waals surface area contributed by atoms with Gasteiger partial charge in [-0.1, -0.05) is 0 Å². The summed E-state index contributed by atoms with van der Waals surface area (Å²) in [5.41, 5.74) is 3.26. The SMILES string of the molecule is CCOc1ccc(C=NNC(=O)c2ccc([N+](=O)[O-])cc2)cc1OC. The van der Waals surface area contributed by atoms with Crippen molar-refractivity contribution in [2.24, 2.45) is 5.10 Å². The van der Waals surface area contributed by atoms with Gasteiger partial charge in [0.1, 0.15) is 0 Å². The first-order valence-electron chi connectivity index (χ1n) is 7.44. The Bertz CT molecular complexity index is 787. The molecule has 2 aromatic rings. The molecule has 0 unspecified atom stereocenters. The average Bonchev–Trinajstić information content (AvgIpc) is 2.63. The van der Waals surface area contributed by atoms with E-state index in [4.69, 9.17) is 9.47 Å². The summed E-state index contributed by atoms with van der Waals surface area (Å²) in [6, 6.07) is 10.5. The highest BCUT2D eigenvalue weighted by molar-refractivity contribution is 5.95. The van der Waals surface area contributed by atoms with Crippen molar-refractivity contribution in [3.05, 3.63) is 63.7 Å². The van der Waals surface area contributed by atoms with Crippen molar-refractivity contribution in [3.63, 3.8) is 0 Å². The number of hydrogen-bond donors (Lipinski definition) is 1. The number of benzene rings is 2. The highest BCUT2D eigenvalue weighted by atomic mass is 16.6. The Balaban J connectivity index is 2.02. The van der Waals surface area contributed by atoms with E-state index in [2.05, 4.69) is 10.5 Å². The van der Waals surface area contributed by atoms with Gasteiger partial charge in [0.25, 0.3) is 11.6 Å². The Morgan fingerprint density at radius 3 is 2.56 bits per heavy atom. The fourth-order valence-corrected chi connectivity index (χ4v) is 2.00. The number of hydrazone groups is 1. The molecule has 8 nitrogen and oxygen atoms in total. The lowest BCUT2D eigenvalue weighted by atomic mass is 10.2. The first-order chi connectivity index (χ1) is 12.0.